The Kier molecular flexibility index (Phi) is 5.17. The van der Waals surface area contributed by atoms with Gasteiger partial charge in [0.15, 0.2) is 0 Å². The van der Waals surface area contributed by atoms with Crippen LogP contribution in [0.4, 0.5) is 11.4 Å². The predicted molar refractivity (Wildman–Crippen MR) is 127 cm³/mol. The summed E-state index contributed by atoms with van der Waals surface area (Å²) >= 11 is 0. The lowest BCUT2D eigenvalue weighted by molar-refractivity contribution is 0.941. The molecular formula is C26H23N5. The fraction of sp³-hybridized carbons (Fsp3) is 0.0769. The highest BCUT2D eigenvalue weighted by atomic mass is 15.0. The number of nitrogens with zero attached hydrogens (tertiary/aromatic N) is 3. The number of hydrogen-bond acceptors (Lipinski definition) is 4. The lowest BCUT2D eigenvalue weighted by atomic mass is 10.1. The van der Waals surface area contributed by atoms with Crippen molar-refractivity contribution in [1.29, 1.82) is 0 Å². The van der Waals surface area contributed by atoms with E-state index in [9.17, 15) is 0 Å². The first-order chi connectivity index (χ1) is 15.3. The zero-order valence-electron chi connectivity index (χ0n) is 17.1. The van der Waals surface area contributed by atoms with Gasteiger partial charge in [0, 0.05) is 17.9 Å². The van der Waals surface area contributed by atoms with E-state index in [-0.39, 0.29) is 0 Å². The van der Waals surface area contributed by atoms with Crippen LogP contribution in [0.1, 0.15) is 0 Å². The minimum Gasteiger partial charge on any atom is -0.354 e. The summed E-state index contributed by atoms with van der Waals surface area (Å²) in [5.74, 6) is 0. The minimum absolute atomic E-state index is 0.497. The zero-order chi connectivity index (χ0) is 21.0. The van der Waals surface area contributed by atoms with Crippen LogP contribution in [0.2, 0.25) is 0 Å². The number of nitrogens with one attached hydrogen (secondary N) is 1. The van der Waals surface area contributed by atoms with Gasteiger partial charge in [-0.05, 0) is 48.5 Å². The molecule has 1 aliphatic carbocycles. The summed E-state index contributed by atoms with van der Waals surface area (Å²) in [5, 5.41) is 4.36. The van der Waals surface area contributed by atoms with Gasteiger partial charge in [-0.1, -0.05) is 48.5 Å². The van der Waals surface area contributed by atoms with E-state index in [4.69, 9.17) is 15.7 Å². The highest BCUT2D eigenvalue weighted by Gasteiger charge is 2.16. The Labute approximate surface area is 180 Å². The van der Waals surface area contributed by atoms with Gasteiger partial charge in [-0.2, -0.15) is 0 Å². The molecule has 0 bridgehead atoms. The maximum atomic E-state index is 5.76. The molecule has 0 aromatic heterocycles. The van der Waals surface area contributed by atoms with Crippen molar-refractivity contribution in [2.24, 2.45) is 10.7 Å². The van der Waals surface area contributed by atoms with E-state index in [0.29, 0.717) is 13.1 Å². The Morgan fingerprint density at radius 1 is 0.839 bits per heavy atom. The van der Waals surface area contributed by atoms with E-state index < -0.39 is 0 Å². The molecule has 5 heteroatoms. The van der Waals surface area contributed by atoms with Crippen LogP contribution in [0.5, 0.6) is 0 Å². The number of benzene rings is 4. The molecule has 0 amide bonds. The maximum absolute atomic E-state index is 5.76. The van der Waals surface area contributed by atoms with E-state index in [1.807, 2.05) is 54.6 Å². The van der Waals surface area contributed by atoms with Gasteiger partial charge in [-0.25, -0.2) is 4.98 Å². The number of para-hydroxylation sites is 4. The first-order valence-corrected chi connectivity index (χ1v) is 10.4. The molecule has 3 N–H and O–H groups in total. The average Bonchev–Trinajstić information content (AvgIpc) is 2.82. The lowest BCUT2D eigenvalue weighted by Gasteiger charge is -2.20. The number of rotatable bonds is 5. The number of anilines is 2. The monoisotopic (exact) mass is 405 g/mol. The van der Waals surface area contributed by atoms with Gasteiger partial charge < -0.3 is 15.6 Å². The van der Waals surface area contributed by atoms with Gasteiger partial charge in [-0.15, -0.1) is 0 Å². The summed E-state index contributed by atoms with van der Waals surface area (Å²) in [6, 6.07) is 32.8. The fourth-order valence-electron chi connectivity index (χ4n) is 3.79. The molecule has 31 heavy (non-hydrogen) atoms. The molecule has 0 atom stereocenters. The molecule has 3 aromatic rings. The molecule has 0 saturated heterocycles. The summed E-state index contributed by atoms with van der Waals surface area (Å²) in [6.07, 6.45) is 0. The Morgan fingerprint density at radius 2 is 1.55 bits per heavy atom. The standard InChI is InChI=1S/C26H23N5/c27-15-16-28-22-18-26-24(17-23(22)29-19-9-3-1-4-10-19)30-21-13-7-8-14-25(21)31(26)20-11-5-2-6-12-20/h1-14,17-18,29H,15-16,27H2. The van der Waals surface area contributed by atoms with Crippen LogP contribution < -0.4 is 16.4 Å². The van der Waals surface area contributed by atoms with Crippen molar-refractivity contribution in [3.8, 4) is 17.1 Å². The first kappa shape index (κ1) is 19.0. The van der Waals surface area contributed by atoms with Crippen molar-refractivity contribution in [2.45, 2.75) is 0 Å². The quantitative estimate of drug-likeness (QED) is 0.415. The molecule has 3 aromatic carbocycles. The highest BCUT2D eigenvalue weighted by molar-refractivity contribution is 5.84. The third kappa shape index (κ3) is 3.79. The van der Waals surface area contributed by atoms with E-state index in [2.05, 4.69) is 52.3 Å². The second-order valence-electron chi connectivity index (χ2n) is 7.29. The highest BCUT2D eigenvalue weighted by Crippen LogP contribution is 2.30. The molecule has 5 rings (SSSR count). The van der Waals surface area contributed by atoms with Gasteiger partial charge in [0.25, 0.3) is 0 Å². The molecule has 0 saturated carbocycles. The zero-order valence-corrected chi connectivity index (χ0v) is 17.1. The van der Waals surface area contributed by atoms with Crippen LogP contribution in [0.3, 0.4) is 0 Å². The second-order valence-corrected chi connectivity index (χ2v) is 7.29. The Balaban J connectivity index is 1.81. The van der Waals surface area contributed by atoms with Gasteiger partial charge in [0.2, 0.25) is 0 Å². The molecule has 1 heterocycles. The number of hydrogen-bond donors (Lipinski definition) is 2. The molecule has 1 aliphatic heterocycles. The number of fused-ring (bicyclic) bond motifs is 2. The first-order valence-electron chi connectivity index (χ1n) is 10.4. The van der Waals surface area contributed by atoms with Crippen LogP contribution in [0.25, 0.3) is 28.1 Å². The van der Waals surface area contributed by atoms with Crippen molar-refractivity contribution < 1.29 is 0 Å². The minimum atomic E-state index is 0.497. The summed E-state index contributed by atoms with van der Waals surface area (Å²) in [7, 11) is 0. The number of nitrogens with two attached hydrogens (primary N) is 1. The topological polar surface area (TPSA) is 68.2 Å². The molecule has 5 nitrogen and oxygen atoms in total. The smallest absolute Gasteiger partial charge is 0.0900 e. The molecular weight excluding hydrogens is 382 g/mol. The van der Waals surface area contributed by atoms with Gasteiger partial charge in [0.1, 0.15) is 0 Å². The predicted octanol–water partition coefficient (Wildman–Crippen LogP) is 4.73. The lowest BCUT2D eigenvalue weighted by Crippen LogP contribution is -2.16. The normalized spacial score (nSPS) is 11.8. The van der Waals surface area contributed by atoms with Gasteiger partial charge >= 0.3 is 0 Å². The largest absolute Gasteiger partial charge is 0.354 e. The van der Waals surface area contributed by atoms with E-state index in [1.54, 1.807) is 0 Å². The molecule has 0 spiro atoms. The van der Waals surface area contributed by atoms with Crippen molar-refractivity contribution >= 4 is 22.4 Å². The molecule has 152 valence electrons. The van der Waals surface area contributed by atoms with Gasteiger partial charge in [0.05, 0.1) is 40.0 Å². The SMILES string of the molecule is NCCN=c1cc2n(-c3ccccc3)c3ccccc3nc-2cc1Nc1ccccc1. The van der Waals surface area contributed by atoms with Crippen molar-refractivity contribution in [3.63, 3.8) is 0 Å². The van der Waals surface area contributed by atoms with Crippen molar-refractivity contribution in [1.82, 2.24) is 9.55 Å². The maximum Gasteiger partial charge on any atom is 0.0900 e. The van der Waals surface area contributed by atoms with Crippen LogP contribution >= 0.6 is 0 Å². The summed E-state index contributed by atoms with van der Waals surface area (Å²) in [4.78, 5) is 9.72. The molecule has 0 fully saturated rings. The summed E-state index contributed by atoms with van der Waals surface area (Å²) < 4.78 is 2.24. The Bertz CT molecular complexity index is 1360. The van der Waals surface area contributed by atoms with Gasteiger partial charge in [-0.3, -0.25) is 4.99 Å². The molecule has 0 unspecified atom stereocenters. The van der Waals surface area contributed by atoms with Crippen LogP contribution in [0, 0.1) is 0 Å². The Hall–Kier alpha value is -3.96. The van der Waals surface area contributed by atoms with Crippen molar-refractivity contribution in [3.05, 3.63) is 102 Å². The van der Waals surface area contributed by atoms with E-state index in [0.717, 1.165) is 44.8 Å². The van der Waals surface area contributed by atoms with Crippen molar-refractivity contribution in [2.75, 3.05) is 18.4 Å². The van der Waals surface area contributed by atoms with Crippen LogP contribution in [0.15, 0.2) is 102 Å². The van der Waals surface area contributed by atoms with Crippen LogP contribution in [-0.2, 0) is 0 Å². The summed E-state index contributed by atoms with van der Waals surface area (Å²) in [6.45, 7) is 1.05. The molecule has 2 aliphatic rings. The third-order valence-electron chi connectivity index (χ3n) is 5.18. The van der Waals surface area contributed by atoms with E-state index >= 15 is 0 Å². The molecule has 0 radical (unpaired) electrons. The van der Waals surface area contributed by atoms with E-state index in [1.165, 1.54) is 0 Å². The average molecular weight is 406 g/mol. The summed E-state index contributed by atoms with van der Waals surface area (Å²) in [5.41, 5.74) is 12.6. The second kappa shape index (κ2) is 8.42. The van der Waals surface area contributed by atoms with Crippen LogP contribution in [-0.4, -0.2) is 22.6 Å². The Morgan fingerprint density at radius 3 is 2.32 bits per heavy atom. The fourth-order valence-corrected chi connectivity index (χ4v) is 3.79. The number of aromatic nitrogens is 2. The third-order valence-corrected chi connectivity index (χ3v) is 5.18.